The first kappa shape index (κ1) is 26.7. The predicted molar refractivity (Wildman–Crippen MR) is 140 cm³/mol. The minimum absolute atomic E-state index is 0.323. The van der Waals surface area contributed by atoms with E-state index in [2.05, 4.69) is 32.6 Å². The van der Waals surface area contributed by atoms with Crippen molar-refractivity contribution in [3.8, 4) is 0 Å². The van der Waals surface area contributed by atoms with Crippen LogP contribution in [-0.4, -0.2) is 30.0 Å². The molecule has 5 atom stereocenters. The molecular weight excluding hydrogens is 406 g/mol. The van der Waals surface area contributed by atoms with Gasteiger partial charge < -0.3 is 15.6 Å². The Morgan fingerprint density at radius 1 is 1.21 bits per heavy atom. The highest BCUT2D eigenvalue weighted by Crippen LogP contribution is 2.60. The molecule has 3 N–H and O–H groups in total. The number of aliphatic hydroxyl groups is 1. The SMILES string of the molecule is C=C1CC[C@H](OCCCN)C/C1=C\C=C1\CCC[C@]2(C)[C@@H]([C@H](C)CCCC(C)(C)O)CC[C@@H]12. The van der Waals surface area contributed by atoms with E-state index in [1.807, 2.05) is 13.8 Å². The normalized spacial score (nSPS) is 34.1. The van der Waals surface area contributed by atoms with Crippen molar-refractivity contribution >= 4 is 0 Å². The second-order valence-electron chi connectivity index (χ2n) is 12.2. The van der Waals surface area contributed by atoms with Crippen LogP contribution in [0.2, 0.25) is 0 Å². The topological polar surface area (TPSA) is 55.5 Å². The lowest BCUT2D eigenvalue weighted by molar-refractivity contribution is 0.0435. The summed E-state index contributed by atoms with van der Waals surface area (Å²) < 4.78 is 6.07. The molecule has 33 heavy (non-hydrogen) atoms. The molecule has 0 spiro atoms. The summed E-state index contributed by atoms with van der Waals surface area (Å²) in [5, 5.41) is 10.1. The van der Waals surface area contributed by atoms with Crippen molar-refractivity contribution in [2.24, 2.45) is 28.9 Å². The summed E-state index contributed by atoms with van der Waals surface area (Å²) in [4.78, 5) is 0. The van der Waals surface area contributed by atoms with Gasteiger partial charge in [0.1, 0.15) is 0 Å². The van der Waals surface area contributed by atoms with Gasteiger partial charge in [0.05, 0.1) is 11.7 Å². The van der Waals surface area contributed by atoms with Crippen molar-refractivity contribution in [3.63, 3.8) is 0 Å². The van der Waals surface area contributed by atoms with Gasteiger partial charge in [0.2, 0.25) is 0 Å². The number of hydrogen-bond acceptors (Lipinski definition) is 3. The fourth-order valence-electron chi connectivity index (χ4n) is 7.13. The summed E-state index contributed by atoms with van der Waals surface area (Å²) in [5.41, 5.74) is 9.91. The largest absolute Gasteiger partial charge is 0.390 e. The minimum Gasteiger partial charge on any atom is -0.390 e. The zero-order valence-corrected chi connectivity index (χ0v) is 22.0. The number of hydrogen-bond donors (Lipinski definition) is 2. The van der Waals surface area contributed by atoms with Gasteiger partial charge in [-0.3, -0.25) is 0 Å². The average Bonchev–Trinajstić information content (AvgIpc) is 3.10. The molecule has 0 heterocycles. The first-order chi connectivity index (χ1) is 15.6. The second-order valence-corrected chi connectivity index (χ2v) is 12.2. The highest BCUT2D eigenvalue weighted by atomic mass is 16.5. The lowest BCUT2D eigenvalue weighted by Crippen LogP contribution is -2.36. The third-order valence-corrected chi connectivity index (χ3v) is 9.04. The van der Waals surface area contributed by atoms with Crippen LogP contribution in [0.5, 0.6) is 0 Å². The van der Waals surface area contributed by atoms with Gasteiger partial charge in [-0.05, 0) is 113 Å². The smallest absolute Gasteiger partial charge is 0.0618 e. The highest BCUT2D eigenvalue weighted by Gasteiger charge is 2.50. The van der Waals surface area contributed by atoms with Gasteiger partial charge in [0.25, 0.3) is 0 Å². The van der Waals surface area contributed by atoms with Crippen molar-refractivity contribution in [2.75, 3.05) is 13.2 Å². The summed E-state index contributed by atoms with van der Waals surface area (Å²) in [7, 11) is 0. The lowest BCUT2D eigenvalue weighted by Gasteiger charge is -2.44. The van der Waals surface area contributed by atoms with Crippen LogP contribution in [0.15, 0.2) is 35.5 Å². The maximum atomic E-state index is 10.1. The molecule has 3 nitrogen and oxygen atoms in total. The average molecular weight is 458 g/mol. The van der Waals surface area contributed by atoms with E-state index < -0.39 is 5.60 Å². The van der Waals surface area contributed by atoms with E-state index in [4.69, 9.17) is 10.5 Å². The molecule has 3 heteroatoms. The van der Waals surface area contributed by atoms with Gasteiger partial charge in [-0.1, -0.05) is 56.6 Å². The van der Waals surface area contributed by atoms with Gasteiger partial charge >= 0.3 is 0 Å². The maximum Gasteiger partial charge on any atom is 0.0618 e. The molecule has 0 aromatic heterocycles. The number of nitrogens with two attached hydrogens (primary N) is 1. The lowest BCUT2D eigenvalue weighted by atomic mass is 9.60. The van der Waals surface area contributed by atoms with Crippen LogP contribution in [0, 0.1) is 23.2 Å². The van der Waals surface area contributed by atoms with E-state index in [-0.39, 0.29) is 0 Å². The highest BCUT2D eigenvalue weighted by molar-refractivity contribution is 5.36. The molecule has 3 saturated carbocycles. The Morgan fingerprint density at radius 2 is 2.00 bits per heavy atom. The van der Waals surface area contributed by atoms with Crippen LogP contribution in [-0.2, 0) is 4.74 Å². The van der Waals surface area contributed by atoms with E-state index in [0.29, 0.717) is 18.1 Å². The van der Waals surface area contributed by atoms with Crippen LogP contribution < -0.4 is 5.73 Å². The summed E-state index contributed by atoms with van der Waals surface area (Å²) >= 11 is 0. The Balaban J connectivity index is 1.64. The van der Waals surface area contributed by atoms with E-state index in [1.165, 1.54) is 49.7 Å². The molecule has 0 aromatic carbocycles. The van der Waals surface area contributed by atoms with E-state index in [0.717, 1.165) is 62.9 Å². The first-order valence-corrected chi connectivity index (χ1v) is 13.8. The summed E-state index contributed by atoms with van der Waals surface area (Å²) in [6, 6.07) is 0. The standard InChI is InChI=1S/C30H51NO2/c1-22-11-14-26(33-20-8-19-31)21-25(22)13-12-24-10-7-18-30(5)27(15-16-28(24)30)23(2)9-6-17-29(3,4)32/h12-13,23,26-28,32H,1,6-11,14-21,31H2,2-5H3/b24-12-,25-13+/t23-,26+,27-,28+,30-/m1/s1. The van der Waals surface area contributed by atoms with Crippen LogP contribution in [0.1, 0.15) is 105 Å². The van der Waals surface area contributed by atoms with Gasteiger partial charge in [-0.25, -0.2) is 0 Å². The monoisotopic (exact) mass is 457 g/mol. The summed E-state index contributed by atoms with van der Waals surface area (Å²) in [6.07, 6.45) is 19.2. The molecule has 3 rings (SSSR count). The van der Waals surface area contributed by atoms with Gasteiger partial charge in [-0.2, -0.15) is 0 Å². The molecule has 0 bridgehead atoms. The molecular formula is C30H51NO2. The number of rotatable bonds is 10. The molecule has 0 unspecified atom stereocenters. The molecule has 0 saturated heterocycles. The van der Waals surface area contributed by atoms with E-state index in [1.54, 1.807) is 5.57 Å². The predicted octanol–water partition coefficient (Wildman–Crippen LogP) is 7.11. The van der Waals surface area contributed by atoms with Crippen molar-refractivity contribution in [3.05, 3.63) is 35.5 Å². The van der Waals surface area contributed by atoms with Crippen LogP contribution in [0.3, 0.4) is 0 Å². The van der Waals surface area contributed by atoms with Gasteiger partial charge in [0, 0.05) is 6.61 Å². The molecule has 0 amide bonds. The fourth-order valence-corrected chi connectivity index (χ4v) is 7.13. The maximum absolute atomic E-state index is 10.1. The molecule has 3 aliphatic rings. The summed E-state index contributed by atoms with van der Waals surface area (Å²) in [5.74, 6) is 2.29. The van der Waals surface area contributed by atoms with Crippen LogP contribution >= 0.6 is 0 Å². The molecule has 188 valence electrons. The van der Waals surface area contributed by atoms with E-state index >= 15 is 0 Å². The zero-order valence-electron chi connectivity index (χ0n) is 22.0. The van der Waals surface area contributed by atoms with Crippen molar-refractivity contribution in [1.29, 1.82) is 0 Å². The van der Waals surface area contributed by atoms with Crippen molar-refractivity contribution < 1.29 is 9.84 Å². The first-order valence-electron chi connectivity index (χ1n) is 13.8. The molecule has 0 aliphatic heterocycles. The third-order valence-electron chi connectivity index (χ3n) is 9.04. The Bertz CT molecular complexity index is 715. The Hall–Kier alpha value is -0.900. The molecule has 3 fully saturated rings. The zero-order chi connectivity index (χ0) is 24.1. The minimum atomic E-state index is -0.534. The number of ether oxygens (including phenoxy) is 1. The second kappa shape index (κ2) is 11.7. The number of allylic oxidation sites excluding steroid dienone is 4. The Kier molecular flexibility index (Phi) is 9.46. The van der Waals surface area contributed by atoms with Crippen molar-refractivity contribution in [1.82, 2.24) is 0 Å². The van der Waals surface area contributed by atoms with E-state index in [9.17, 15) is 5.11 Å². The summed E-state index contributed by atoms with van der Waals surface area (Å²) in [6.45, 7) is 14.8. The van der Waals surface area contributed by atoms with Gasteiger partial charge in [-0.15, -0.1) is 0 Å². The van der Waals surface area contributed by atoms with Gasteiger partial charge in [0.15, 0.2) is 0 Å². The van der Waals surface area contributed by atoms with Crippen LogP contribution in [0.4, 0.5) is 0 Å². The Morgan fingerprint density at radius 3 is 2.73 bits per heavy atom. The van der Waals surface area contributed by atoms with Crippen LogP contribution in [0.25, 0.3) is 0 Å². The van der Waals surface area contributed by atoms with Crippen molar-refractivity contribution in [2.45, 2.75) is 116 Å². The third kappa shape index (κ3) is 7.05. The Labute approximate surface area is 203 Å². The fraction of sp³-hybridized carbons (Fsp3) is 0.800. The molecule has 0 radical (unpaired) electrons. The molecule has 0 aromatic rings. The molecule has 3 aliphatic carbocycles. The quantitative estimate of drug-likeness (QED) is 0.344. The number of fused-ring (bicyclic) bond motifs is 1.